The quantitative estimate of drug-likeness (QED) is 0.252. The molecule has 30 heavy (non-hydrogen) atoms. The molecule has 9 nitrogen and oxygen atoms in total. The second-order valence-electron chi connectivity index (χ2n) is 6.33. The summed E-state index contributed by atoms with van der Waals surface area (Å²) in [6.45, 7) is 3.99. The van der Waals surface area contributed by atoms with Crippen LogP contribution in [0, 0.1) is 10.1 Å². The SMILES string of the molecule is CCn1c(SCC(=O)c2cccc([N+](=O)[O-])c2)nnc1-c1ccc(NC(C)=O)cc1. The lowest BCUT2D eigenvalue weighted by atomic mass is 10.1. The van der Waals surface area contributed by atoms with Crippen LogP contribution in [0.2, 0.25) is 0 Å². The van der Waals surface area contributed by atoms with Crippen LogP contribution in [0.25, 0.3) is 11.4 Å². The number of ketones is 1. The number of thioether (sulfide) groups is 1. The first kappa shape index (κ1) is 21.2. The molecule has 154 valence electrons. The van der Waals surface area contributed by atoms with E-state index in [1.807, 2.05) is 23.6 Å². The number of aromatic nitrogens is 3. The van der Waals surface area contributed by atoms with Gasteiger partial charge in [0.05, 0.1) is 10.7 Å². The van der Waals surface area contributed by atoms with E-state index in [-0.39, 0.29) is 28.7 Å². The molecule has 0 bridgehead atoms. The highest BCUT2D eigenvalue weighted by molar-refractivity contribution is 7.99. The Morgan fingerprint density at radius 1 is 1.17 bits per heavy atom. The third-order valence-corrected chi connectivity index (χ3v) is 5.17. The number of nitrogens with zero attached hydrogens (tertiary/aromatic N) is 4. The number of carbonyl (C=O) groups excluding carboxylic acids is 2. The number of nitro groups is 1. The van der Waals surface area contributed by atoms with Gasteiger partial charge in [0.1, 0.15) is 0 Å². The number of amides is 1. The molecule has 0 unspecified atom stereocenters. The van der Waals surface area contributed by atoms with Crippen molar-refractivity contribution in [3.8, 4) is 11.4 Å². The highest BCUT2D eigenvalue weighted by atomic mass is 32.2. The van der Waals surface area contributed by atoms with E-state index >= 15 is 0 Å². The Hall–Kier alpha value is -3.53. The number of non-ortho nitro benzene ring substituents is 1. The number of benzene rings is 2. The number of anilines is 1. The summed E-state index contributed by atoms with van der Waals surface area (Å²) in [6, 6.07) is 12.9. The Balaban J connectivity index is 1.74. The number of nitro benzene ring substituents is 1. The normalized spacial score (nSPS) is 10.6. The van der Waals surface area contributed by atoms with Gasteiger partial charge < -0.3 is 9.88 Å². The minimum atomic E-state index is -0.527. The molecule has 0 spiro atoms. The highest BCUT2D eigenvalue weighted by Crippen LogP contribution is 2.26. The molecule has 0 aliphatic heterocycles. The summed E-state index contributed by atoms with van der Waals surface area (Å²) in [5.74, 6) is 0.361. The Bertz CT molecular complexity index is 1090. The molecule has 1 heterocycles. The minimum absolute atomic E-state index is 0.0841. The van der Waals surface area contributed by atoms with Crippen LogP contribution in [0.3, 0.4) is 0 Å². The van der Waals surface area contributed by atoms with Crippen molar-refractivity contribution in [2.75, 3.05) is 11.1 Å². The predicted octanol–water partition coefficient (Wildman–Crippen LogP) is 3.81. The molecular formula is C20H19N5O4S. The summed E-state index contributed by atoms with van der Waals surface area (Å²) in [6.07, 6.45) is 0. The topological polar surface area (TPSA) is 120 Å². The lowest BCUT2D eigenvalue weighted by Gasteiger charge is -2.08. The third kappa shape index (κ3) is 4.90. The van der Waals surface area contributed by atoms with Crippen LogP contribution >= 0.6 is 11.8 Å². The molecule has 0 atom stereocenters. The number of rotatable bonds is 8. The zero-order valence-electron chi connectivity index (χ0n) is 16.4. The van der Waals surface area contributed by atoms with Gasteiger partial charge in [0.15, 0.2) is 16.8 Å². The van der Waals surface area contributed by atoms with Gasteiger partial charge in [-0.15, -0.1) is 10.2 Å². The second-order valence-corrected chi connectivity index (χ2v) is 7.27. The molecule has 0 radical (unpaired) electrons. The Labute approximate surface area is 176 Å². The minimum Gasteiger partial charge on any atom is -0.326 e. The van der Waals surface area contributed by atoms with E-state index in [1.165, 1.54) is 36.9 Å². The van der Waals surface area contributed by atoms with Gasteiger partial charge in [0, 0.05) is 42.4 Å². The van der Waals surface area contributed by atoms with E-state index in [4.69, 9.17) is 0 Å². The van der Waals surface area contributed by atoms with Crippen molar-refractivity contribution in [2.24, 2.45) is 0 Å². The summed E-state index contributed by atoms with van der Waals surface area (Å²) in [4.78, 5) is 34.0. The highest BCUT2D eigenvalue weighted by Gasteiger charge is 2.17. The van der Waals surface area contributed by atoms with E-state index in [0.717, 1.165) is 5.56 Å². The summed E-state index contributed by atoms with van der Waals surface area (Å²) in [5.41, 5.74) is 1.68. The summed E-state index contributed by atoms with van der Waals surface area (Å²) < 4.78 is 1.89. The maximum absolute atomic E-state index is 12.5. The molecule has 1 aromatic heterocycles. The fourth-order valence-corrected chi connectivity index (χ4v) is 3.70. The molecule has 10 heteroatoms. The van der Waals surface area contributed by atoms with Crippen LogP contribution in [0.15, 0.2) is 53.7 Å². The molecule has 1 amide bonds. The molecule has 3 aromatic rings. The fraction of sp³-hybridized carbons (Fsp3) is 0.200. The van der Waals surface area contributed by atoms with Crippen molar-refractivity contribution in [3.05, 3.63) is 64.2 Å². The summed E-state index contributed by atoms with van der Waals surface area (Å²) in [7, 11) is 0. The largest absolute Gasteiger partial charge is 0.326 e. The molecular weight excluding hydrogens is 406 g/mol. The molecule has 2 aromatic carbocycles. The van der Waals surface area contributed by atoms with Crippen molar-refractivity contribution in [1.29, 1.82) is 0 Å². The Kier molecular flexibility index (Phi) is 6.58. The van der Waals surface area contributed by atoms with Crippen molar-refractivity contribution in [3.63, 3.8) is 0 Å². The Morgan fingerprint density at radius 2 is 1.90 bits per heavy atom. The van der Waals surface area contributed by atoms with Crippen molar-refractivity contribution in [2.45, 2.75) is 25.5 Å². The van der Waals surface area contributed by atoms with Crippen LogP contribution in [0.5, 0.6) is 0 Å². The zero-order chi connectivity index (χ0) is 21.7. The first-order valence-electron chi connectivity index (χ1n) is 9.10. The van der Waals surface area contributed by atoms with Gasteiger partial charge in [-0.2, -0.15) is 0 Å². The second kappa shape index (κ2) is 9.31. The third-order valence-electron chi connectivity index (χ3n) is 4.21. The molecule has 0 saturated carbocycles. The van der Waals surface area contributed by atoms with E-state index in [2.05, 4.69) is 15.5 Å². The van der Waals surface area contributed by atoms with Crippen molar-refractivity contribution < 1.29 is 14.5 Å². The first-order chi connectivity index (χ1) is 14.4. The molecule has 0 saturated heterocycles. The van der Waals surface area contributed by atoms with Crippen molar-refractivity contribution >= 4 is 34.8 Å². The van der Waals surface area contributed by atoms with Crippen LogP contribution in [0.4, 0.5) is 11.4 Å². The van der Waals surface area contributed by atoms with Crippen LogP contribution in [-0.2, 0) is 11.3 Å². The number of nitrogens with one attached hydrogen (secondary N) is 1. The lowest BCUT2D eigenvalue weighted by molar-refractivity contribution is -0.384. The average Bonchev–Trinajstić information content (AvgIpc) is 3.15. The fourth-order valence-electron chi connectivity index (χ4n) is 2.81. The lowest BCUT2D eigenvalue weighted by Crippen LogP contribution is -2.06. The standard InChI is InChI=1S/C20H19N5O4S/c1-3-24-19(14-7-9-16(10-8-14)21-13(2)26)22-23-20(24)30-12-18(27)15-5-4-6-17(11-15)25(28)29/h4-11H,3,12H2,1-2H3,(H,21,26). The number of hydrogen-bond donors (Lipinski definition) is 1. The monoisotopic (exact) mass is 425 g/mol. The maximum atomic E-state index is 12.5. The smallest absolute Gasteiger partial charge is 0.270 e. The molecule has 0 aliphatic carbocycles. The average molecular weight is 425 g/mol. The van der Waals surface area contributed by atoms with Gasteiger partial charge in [0.2, 0.25) is 5.91 Å². The summed E-state index contributed by atoms with van der Waals surface area (Å²) >= 11 is 1.23. The molecule has 3 rings (SSSR count). The number of carbonyl (C=O) groups is 2. The molecule has 0 aliphatic rings. The molecule has 0 fully saturated rings. The van der Waals surface area contributed by atoms with E-state index in [1.54, 1.807) is 18.2 Å². The van der Waals surface area contributed by atoms with Gasteiger partial charge in [-0.05, 0) is 31.2 Å². The zero-order valence-corrected chi connectivity index (χ0v) is 17.2. The Morgan fingerprint density at radius 3 is 2.53 bits per heavy atom. The van der Waals surface area contributed by atoms with Crippen LogP contribution in [0.1, 0.15) is 24.2 Å². The first-order valence-corrected chi connectivity index (χ1v) is 10.1. The van der Waals surface area contributed by atoms with Gasteiger partial charge >= 0.3 is 0 Å². The van der Waals surface area contributed by atoms with Gasteiger partial charge in [-0.25, -0.2) is 0 Å². The van der Waals surface area contributed by atoms with Crippen LogP contribution in [-0.4, -0.2) is 37.1 Å². The predicted molar refractivity (Wildman–Crippen MR) is 114 cm³/mol. The van der Waals surface area contributed by atoms with Crippen molar-refractivity contribution in [1.82, 2.24) is 14.8 Å². The van der Waals surface area contributed by atoms with E-state index < -0.39 is 4.92 Å². The van der Waals surface area contributed by atoms with E-state index in [9.17, 15) is 19.7 Å². The van der Waals surface area contributed by atoms with Gasteiger partial charge in [-0.3, -0.25) is 19.7 Å². The van der Waals surface area contributed by atoms with E-state index in [0.29, 0.717) is 23.2 Å². The number of hydrogen-bond acceptors (Lipinski definition) is 7. The van der Waals surface area contributed by atoms with Crippen LogP contribution < -0.4 is 5.32 Å². The van der Waals surface area contributed by atoms with Gasteiger partial charge in [0.25, 0.3) is 5.69 Å². The van der Waals surface area contributed by atoms with Gasteiger partial charge in [-0.1, -0.05) is 23.9 Å². The maximum Gasteiger partial charge on any atom is 0.270 e. The molecule has 1 N–H and O–H groups in total. The summed E-state index contributed by atoms with van der Waals surface area (Å²) in [5, 5.41) is 22.6. The number of Topliss-reactive ketones (excluding diaryl/α,β-unsaturated/α-hetero) is 1.